The molecule has 1 aliphatic heterocycles. The third kappa shape index (κ3) is 2.63. The van der Waals surface area contributed by atoms with Gasteiger partial charge in [0, 0.05) is 42.9 Å². The molecule has 106 valence electrons. The fraction of sp³-hybridized carbons (Fsp3) is 0.0625. The van der Waals surface area contributed by atoms with Crippen LogP contribution in [0.15, 0.2) is 48.7 Å². The van der Waals surface area contributed by atoms with Crippen LogP contribution in [0.1, 0.15) is 6.92 Å². The second-order valence-corrected chi connectivity index (χ2v) is 4.76. The number of nitrogen functional groups attached to an aromatic ring is 1. The highest BCUT2D eigenvalue weighted by Gasteiger charge is 2.23. The summed E-state index contributed by atoms with van der Waals surface area (Å²) in [6.45, 7) is 1.95. The van der Waals surface area contributed by atoms with Crippen LogP contribution in [0, 0.1) is 11.6 Å². The Labute approximate surface area is 120 Å². The standard InChI is InChI=1S/C16H13F2N2O/c1-10-4-5-20(10)15-3-2-13(19)9-16(15)21-14-7-11(17)6-12(18)8-14/h2-9H,19H2,1H3/q+1. The van der Waals surface area contributed by atoms with Crippen LogP contribution in [-0.2, 0) is 0 Å². The van der Waals surface area contributed by atoms with Crippen LogP contribution < -0.4 is 10.5 Å². The highest BCUT2D eigenvalue weighted by atomic mass is 19.1. The minimum absolute atomic E-state index is 0.0847. The molecule has 0 saturated carbocycles. The van der Waals surface area contributed by atoms with Crippen LogP contribution in [0.25, 0.3) is 0 Å². The molecule has 0 radical (unpaired) electrons. The third-order valence-corrected chi connectivity index (χ3v) is 3.15. The van der Waals surface area contributed by atoms with Crippen LogP contribution in [0.4, 0.5) is 20.2 Å². The molecule has 3 rings (SSSR count). The van der Waals surface area contributed by atoms with E-state index in [9.17, 15) is 8.78 Å². The molecular formula is C16H13F2N2O+. The SMILES string of the molecule is CC1=[N+](c2ccc(N)cc2Oc2cc(F)cc(F)c2)C=C1. The van der Waals surface area contributed by atoms with Gasteiger partial charge in [-0.25, -0.2) is 8.78 Å². The summed E-state index contributed by atoms with van der Waals surface area (Å²) in [5.41, 5.74) is 8.07. The number of rotatable bonds is 3. The predicted octanol–water partition coefficient (Wildman–Crippen LogP) is 3.97. The Balaban J connectivity index is 2.01. The molecule has 0 bridgehead atoms. The monoisotopic (exact) mass is 287 g/mol. The molecule has 21 heavy (non-hydrogen) atoms. The number of benzene rings is 2. The number of hydrogen-bond donors (Lipinski definition) is 1. The molecule has 1 heterocycles. The van der Waals surface area contributed by atoms with Gasteiger partial charge in [0.15, 0.2) is 11.9 Å². The molecule has 0 unspecified atom stereocenters. The maximum absolute atomic E-state index is 13.2. The summed E-state index contributed by atoms with van der Waals surface area (Å²) >= 11 is 0. The summed E-state index contributed by atoms with van der Waals surface area (Å²) in [5, 5.41) is 0. The number of halogens is 2. The number of allylic oxidation sites excluding steroid dienone is 1. The van der Waals surface area contributed by atoms with Crippen molar-refractivity contribution in [3.63, 3.8) is 0 Å². The molecule has 0 amide bonds. The van der Waals surface area contributed by atoms with Crippen LogP contribution in [0.3, 0.4) is 0 Å². The van der Waals surface area contributed by atoms with Gasteiger partial charge in [-0.2, -0.15) is 4.58 Å². The number of hydrogen-bond acceptors (Lipinski definition) is 2. The topological polar surface area (TPSA) is 38.3 Å². The van der Waals surface area contributed by atoms with Gasteiger partial charge in [0.1, 0.15) is 17.4 Å². The first-order valence-electron chi connectivity index (χ1n) is 6.37. The minimum atomic E-state index is -0.693. The van der Waals surface area contributed by atoms with E-state index in [4.69, 9.17) is 10.5 Å². The zero-order valence-corrected chi connectivity index (χ0v) is 11.3. The molecular weight excluding hydrogens is 274 g/mol. The van der Waals surface area contributed by atoms with Crippen molar-refractivity contribution in [2.75, 3.05) is 5.73 Å². The molecule has 0 spiro atoms. The van der Waals surface area contributed by atoms with Crippen molar-refractivity contribution >= 4 is 17.1 Å². The molecule has 3 nitrogen and oxygen atoms in total. The second-order valence-electron chi connectivity index (χ2n) is 4.76. The average molecular weight is 287 g/mol. The Morgan fingerprint density at radius 3 is 2.33 bits per heavy atom. The summed E-state index contributed by atoms with van der Waals surface area (Å²) in [6, 6.07) is 8.21. The maximum atomic E-state index is 13.2. The predicted molar refractivity (Wildman–Crippen MR) is 77.0 cm³/mol. The Morgan fingerprint density at radius 2 is 1.76 bits per heavy atom. The van der Waals surface area contributed by atoms with Gasteiger partial charge >= 0.3 is 0 Å². The smallest absolute Gasteiger partial charge is 0.253 e. The zero-order valence-electron chi connectivity index (χ0n) is 11.3. The Kier molecular flexibility index (Phi) is 3.17. The van der Waals surface area contributed by atoms with Crippen molar-refractivity contribution in [1.29, 1.82) is 0 Å². The van der Waals surface area contributed by atoms with Crippen molar-refractivity contribution in [2.45, 2.75) is 6.92 Å². The Morgan fingerprint density at radius 1 is 1.05 bits per heavy atom. The van der Waals surface area contributed by atoms with Crippen molar-refractivity contribution in [2.24, 2.45) is 0 Å². The van der Waals surface area contributed by atoms with Gasteiger partial charge in [0.25, 0.3) is 5.69 Å². The zero-order chi connectivity index (χ0) is 15.0. The summed E-state index contributed by atoms with van der Waals surface area (Å²) in [7, 11) is 0. The molecule has 0 aliphatic carbocycles. The van der Waals surface area contributed by atoms with Gasteiger partial charge in [-0.1, -0.05) is 0 Å². The van der Waals surface area contributed by atoms with Crippen molar-refractivity contribution < 1.29 is 18.1 Å². The number of anilines is 1. The largest absolute Gasteiger partial charge is 0.450 e. The molecule has 2 aromatic carbocycles. The van der Waals surface area contributed by atoms with Crippen LogP contribution in [0.5, 0.6) is 11.5 Å². The van der Waals surface area contributed by atoms with Crippen molar-refractivity contribution in [3.05, 3.63) is 60.3 Å². The Bertz CT molecular complexity index is 762. The lowest BCUT2D eigenvalue weighted by atomic mass is 10.2. The van der Waals surface area contributed by atoms with Gasteiger partial charge in [-0.15, -0.1) is 0 Å². The summed E-state index contributed by atoms with van der Waals surface area (Å²) in [5.74, 6) is -0.866. The lowest BCUT2D eigenvalue weighted by Crippen LogP contribution is -2.15. The first kappa shape index (κ1) is 13.3. The summed E-state index contributed by atoms with van der Waals surface area (Å²) < 4.78 is 34.0. The molecule has 2 aromatic rings. The van der Waals surface area contributed by atoms with Crippen molar-refractivity contribution in [3.8, 4) is 11.5 Å². The van der Waals surface area contributed by atoms with Crippen LogP contribution in [-0.4, -0.2) is 10.3 Å². The number of ether oxygens (including phenoxy) is 1. The first-order chi connectivity index (χ1) is 10.0. The van der Waals surface area contributed by atoms with Gasteiger partial charge < -0.3 is 10.5 Å². The fourth-order valence-electron chi connectivity index (χ4n) is 2.09. The second kappa shape index (κ2) is 5.01. The fourth-order valence-corrected chi connectivity index (χ4v) is 2.09. The summed E-state index contributed by atoms with van der Waals surface area (Å²) in [6.07, 6.45) is 3.82. The number of nitrogens with two attached hydrogens (primary N) is 1. The first-order valence-corrected chi connectivity index (χ1v) is 6.37. The highest BCUT2D eigenvalue weighted by molar-refractivity contribution is 5.92. The van der Waals surface area contributed by atoms with Gasteiger partial charge in [0.05, 0.1) is 6.08 Å². The molecule has 2 N–H and O–H groups in total. The molecule has 1 aliphatic rings. The van der Waals surface area contributed by atoms with E-state index in [1.807, 2.05) is 23.8 Å². The minimum Gasteiger partial charge on any atom is -0.450 e. The van der Waals surface area contributed by atoms with E-state index >= 15 is 0 Å². The quantitative estimate of drug-likeness (QED) is 0.685. The highest BCUT2D eigenvalue weighted by Crippen LogP contribution is 2.35. The number of nitrogens with zero attached hydrogens (tertiary/aromatic N) is 1. The average Bonchev–Trinajstić information content (AvgIpc) is 2.39. The van der Waals surface area contributed by atoms with Gasteiger partial charge in [0.2, 0.25) is 5.75 Å². The van der Waals surface area contributed by atoms with Crippen LogP contribution in [0.2, 0.25) is 0 Å². The van der Waals surface area contributed by atoms with Gasteiger partial charge in [-0.3, -0.25) is 0 Å². The molecule has 0 aromatic heterocycles. The van der Waals surface area contributed by atoms with E-state index in [0.717, 1.165) is 29.6 Å². The van der Waals surface area contributed by atoms with E-state index in [2.05, 4.69) is 0 Å². The van der Waals surface area contributed by atoms with Crippen LogP contribution >= 0.6 is 0 Å². The van der Waals surface area contributed by atoms with Crippen molar-refractivity contribution in [1.82, 2.24) is 0 Å². The van der Waals surface area contributed by atoms with Gasteiger partial charge in [-0.05, 0) is 6.07 Å². The molecule has 0 fully saturated rings. The van der Waals surface area contributed by atoms with E-state index in [0.29, 0.717) is 11.4 Å². The normalized spacial score (nSPS) is 13.3. The molecule has 5 heteroatoms. The molecule has 0 saturated heterocycles. The van der Waals surface area contributed by atoms with E-state index in [1.165, 1.54) is 0 Å². The molecule has 0 atom stereocenters. The van der Waals surface area contributed by atoms with E-state index in [1.54, 1.807) is 18.2 Å². The van der Waals surface area contributed by atoms with E-state index < -0.39 is 11.6 Å². The van der Waals surface area contributed by atoms with E-state index in [-0.39, 0.29) is 5.75 Å². The Hall–Kier alpha value is -2.69. The lowest BCUT2D eigenvalue weighted by molar-refractivity contribution is -0.372. The third-order valence-electron chi connectivity index (χ3n) is 3.15. The lowest BCUT2D eigenvalue weighted by Gasteiger charge is -2.12. The summed E-state index contributed by atoms with van der Waals surface area (Å²) in [4.78, 5) is 0. The maximum Gasteiger partial charge on any atom is 0.253 e.